The fraction of sp³-hybridized carbons (Fsp3) is 0.0526. The number of para-hydroxylation sites is 2. The molecule has 0 atom stereocenters. The second kappa shape index (κ2) is 7.68. The highest BCUT2D eigenvalue weighted by molar-refractivity contribution is 6.31. The Morgan fingerprint density at radius 1 is 1.04 bits per heavy atom. The van der Waals surface area contributed by atoms with Gasteiger partial charge in [0.05, 0.1) is 30.2 Å². The van der Waals surface area contributed by atoms with Crippen molar-refractivity contribution in [3.63, 3.8) is 0 Å². The zero-order valence-corrected chi connectivity index (χ0v) is 14.2. The van der Waals surface area contributed by atoms with Crippen LogP contribution in [0, 0.1) is 0 Å². The number of anilines is 3. The van der Waals surface area contributed by atoms with E-state index in [2.05, 4.69) is 15.6 Å². The third kappa shape index (κ3) is 4.28. The number of rotatable bonds is 5. The van der Waals surface area contributed by atoms with Crippen molar-refractivity contribution in [2.75, 3.05) is 17.7 Å². The number of hydrogen-bond acceptors (Lipinski definition) is 4. The van der Waals surface area contributed by atoms with Crippen molar-refractivity contribution in [3.8, 4) is 5.75 Å². The summed E-state index contributed by atoms with van der Waals surface area (Å²) in [5.74, 6) is 0.440. The topological polar surface area (TPSA) is 63.2 Å². The number of ether oxygens (including phenoxy) is 1. The van der Waals surface area contributed by atoms with Gasteiger partial charge in [0.2, 0.25) is 0 Å². The number of amides is 1. The molecule has 0 aliphatic carbocycles. The van der Waals surface area contributed by atoms with Gasteiger partial charge in [-0.25, -0.2) is 0 Å². The Labute approximate surface area is 150 Å². The summed E-state index contributed by atoms with van der Waals surface area (Å²) in [6.45, 7) is 0. The fourth-order valence-electron chi connectivity index (χ4n) is 2.31. The summed E-state index contributed by atoms with van der Waals surface area (Å²) < 4.78 is 5.31. The molecule has 2 N–H and O–H groups in total. The van der Waals surface area contributed by atoms with E-state index in [0.717, 1.165) is 5.69 Å². The number of pyridine rings is 1. The summed E-state index contributed by atoms with van der Waals surface area (Å²) in [7, 11) is 1.60. The Morgan fingerprint density at radius 2 is 1.88 bits per heavy atom. The van der Waals surface area contributed by atoms with E-state index in [1.165, 1.54) is 6.20 Å². The largest absolute Gasteiger partial charge is 0.495 e. The van der Waals surface area contributed by atoms with Crippen molar-refractivity contribution < 1.29 is 9.53 Å². The third-order valence-electron chi connectivity index (χ3n) is 3.47. The molecule has 1 amide bonds. The number of carbonyl (C=O) groups is 1. The summed E-state index contributed by atoms with van der Waals surface area (Å²) >= 11 is 5.93. The van der Waals surface area contributed by atoms with Crippen LogP contribution in [0.5, 0.6) is 5.75 Å². The Bertz CT molecular complexity index is 899. The van der Waals surface area contributed by atoms with Gasteiger partial charge in [-0.15, -0.1) is 0 Å². The molecular formula is C19H16ClN3O2. The lowest BCUT2D eigenvalue weighted by Gasteiger charge is -2.11. The van der Waals surface area contributed by atoms with E-state index in [9.17, 15) is 4.79 Å². The van der Waals surface area contributed by atoms with Crippen LogP contribution in [0.15, 0.2) is 67.0 Å². The molecule has 0 aliphatic rings. The molecule has 0 fully saturated rings. The second-order valence-electron chi connectivity index (χ2n) is 5.25. The van der Waals surface area contributed by atoms with Gasteiger partial charge in [-0.05, 0) is 36.4 Å². The van der Waals surface area contributed by atoms with Crippen LogP contribution < -0.4 is 15.4 Å². The Balaban J connectivity index is 1.78. The van der Waals surface area contributed by atoms with Gasteiger partial charge < -0.3 is 15.4 Å². The number of carbonyl (C=O) groups excluding carboxylic acids is 1. The molecule has 1 aromatic heterocycles. The van der Waals surface area contributed by atoms with Crippen LogP contribution in [0.2, 0.25) is 5.02 Å². The fourth-order valence-corrected chi connectivity index (χ4v) is 2.50. The van der Waals surface area contributed by atoms with Gasteiger partial charge in [0, 0.05) is 16.9 Å². The average molecular weight is 354 g/mol. The standard InChI is InChI=1S/C19H16ClN3O2/c1-25-18-8-3-2-7-17(18)22-16-9-13(11-21-12-16)19(24)23-15-6-4-5-14(20)10-15/h2-12,22H,1H3,(H,23,24). The monoisotopic (exact) mass is 353 g/mol. The highest BCUT2D eigenvalue weighted by Crippen LogP contribution is 2.27. The smallest absolute Gasteiger partial charge is 0.257 e. The van der Waals surface area contributed by atoms with Crippen LogP contribution >= 0.6 is 11.6 Å². The number of benzene rings is 2. The summed E-state index contributed by atoms with van der Waals surface area (Å²) in [4.78, 5) is 16.5. The normalized spacial score (nSPS) is 10.2. The highest BCUT2D eigenvalue weighted by atomic mass is 35.5. The van der Waals surface area contributed by atoms with Crippen LogP contribution in [-0.4, -0.2) is 18.0 Å². The summed E-state index contributed by atoms with van der Waals surface area (Å²) in [5.41, 5.74) is 2.53. The lowest BCUT2D eigenvalue weighted by molar-refractivity contribution is 0.102. The van der Waals surface area contributed by atoms with Crippen LogP contribution in [0.4, 0.5) is 17.1 Å². The zero-order valence-electron chi connectivity index (χ0n) is 13.5. The minimum absolute atomic E-state index is 0.265. The van der Waals surface area contributed by atoms with Gasteiger partial charge in [0.15, 0.2) is 0 Å². The molecule has 0 aliphatic heterocycles. The van der Waals surface area contributed by atoms with E-state index in [1.807, 2.05) is 24.3 Å². The highest BCUT2D eigenvalue weighted by Gasteiger charge is 2.09. The molecule has 0 saturated carbocycles. The number of halogens is 1. The molecule has 2 aromatic carbocycles. The van der Waals surface area contributed by atoms with E-state index in [-0.39, 0.29) is 5.91 Å². The van der Waals surface area contributed by atoms with Crippen molar-refractivity contribution >= 4 is 34.6 Å². The molecular weight excluding hydrogens is 338 g/mol. The Morgan fingerprint density at radius 3 is 2.68 bits per heavy atom. The number of methoxy groups -OCH3 is 1. The van der Waals surface area contributed by atoms with Crippen molar-refractivity contribution in [1.29, 1.82) is 0 Å². The first kappa shape index (κ1) is 16.8. The predicted octanol–water partition coefficient (Wildman–Crippen LogP) is 4.74. The third-order valence-corrected chi connectivity index (χ3v) is 3.70. The number of hydrogen-bond donors (Lipinski definition) is 2. The molecule has 25 heavy (non-hydrogen) atoms. The molecule has 3 rings (SSSR count). The number of nitrogens with zero attached hydrogens (tertiary/aromatic N) is 1. The van der Waals surface area contributed by atoms with Crippen LogP contribution in [-0.2, 0) is 0 Å². The molecule has 0 unspecified atom stereocenters. The van der Waals surface area contributed by atoms with E-state index in [0.29, 0.717) is 27.7 Å². The Hall–Kier alpha value is -3.05. The number of nitrogens with one attached hydrogen (secondary N) is 2. The maximum atomic E-state index is 12.4. The first-order valence-corrected chi connectivity index (χ1v) is 7.95. The minimum atomic E-state index is -0.265. The molecule has 126 valence electrons. The molecule has 0 radical (unpaired) electrons. The molecule has 1 heterocycles. The van der Waals surface area contributed by atoms with Gasteiger partial charge in [0.1, 0.15) is 5.75 Å². The van der Waals surface area contributed by atoms with Gasteiger partial charge in [-0.1, -0.05) is 29.8 Å². The first-order valence-electron chi connectivity index (χ1n) is 7.58. The van der Waals surface area contributed by atoms with Gasteiger partial charge in [0.25, 0.3) is 5.91 Å². The summed E-state index contributed by atoms with van der Waals surface area (Å²) in [6.07, 6.45) is 3.15. The molecule has 5 nitrogen and oxygen atoms in total. The lowest BCUT2D eigenvalue weighted by atomic mass is 10.2. The first-order chi connectivity index (χ1) is 12.2. The molecule has 0 spiro atoms. The SMILES string of the molecule is COc1ccccc1Nc1cncc(C(=O)Nc2cccc(Cl)c2)c1. The maximum Gasteiger partial charge on any atom is 0.257 e. The van der Waals surface area contributed by atoms with E-state index < -0.39 is 0 Å². The van der Waals surface area contributed by atoms with Crippen LogP contribution in [0.1, 0.15) is 10.4 Å². The molecule has 0 bridgehead atoms. The van der Waals surface area contributed by atoms with E-state index >= 15 is 0 Å². The second-order valence-corrected chi connectivity index (χ2v) is 5.69. The number of aromatic nitrogens is 1. The van der Waals surface area contributed by atoms with Crippen LogP contribution in [0.3, 0.4) is 0 Å². The molecule has 3 aromatic rings. The Kier molecular flexibility index (Phi) is 5.16. The lowest BCUT2D eigenvalue weighted by Crippen LogP contribution is -2.12. The molecule has 0 saturated heterocycles. The van der Waals surface area contributed by atoms with Gasteiger partial charge in [-0.3, -0.25) is 9.78 Å². The van der Waals surface area contributed by atoms with Crippen molar-refractivity contribution in [1.82, 2.24) is 4.98 Å². The predicted molar refractivity (Wildman–Crippen MR) is 99.9 cm³/mol. The quantitative estimate of drug-likeness (QED) is 0.695. The summed E-state index contributed by atoms with van der Waals surface area (Å²) in [5, 5.41) is 6.56. The molecule has 6 heteroatoms. The van der Waals surface area contributed by atoms with Crippen molar-refractivity contribution in [2.45, 2.75) is 0 Å². The maximum absolute atomic E-state index is 12.4. The van der Waals surface area contributed by atoms with Crippen molar-refractivity contribution in [2.24, 2.45) is 0 Å². The minimum Gasteiger partial charge on any atom is -0.495 e. The van der Waals surface area contributed by atoms with E-state index in [1.54, 1.807) is 43.6 Å². The average Bonchev–Trinajstić information content (AvgIpc) is 2.62. The zero-order chi connectivity index (χ0) is 17.6. The van der Waals surface area contributed by atoms with E-state index in [4.69, 9.17) is 16.3 Å². The van der Waals surface area contributed by atoms with Gasteiger partial charge in [-0.2, -0.15) is 0 Å². The van der Waals surface area contributed by atoms with Gasteiger partial charge >= 0.3 is 0 Å². The van der Waals surface area contributed by atoms with Crippen molar-refractivity contribution in [3.05, 3.63) is 77.6 Å². The van der Waals surface area contributed by atoms with Crippen LogP contribution in [0.25, 0.3) is 0 Å². The summed E-state index contributed by atoms with van der Waals surface area (Å²) in [6, 6.07) is 16.2.